The second-order valence-electron chi connectivity index (χ2n) is 18.5. The molecule has 0 N–H and O–H groups in total. The highest BCUT2D eigenvalue weighted by Crippen LogP contribution is 2.55. The van der Waals surface area contributed by atoms with Crippen molar-refractivity contribution in [2.24, 2.45) is 0 Å². The Kier molecular flexibility index (Phi) is 8.33. The standard InChI is InChI=1S/C66H42N4/c1-5-21-47(22-6-1)67(51-39-45-37-35-43-19-17-33-57-61(43)63(45)59(41-51)69(57)49-25-9-3-10-26-49)65-55-31-15-13-29-53(55)54-30-14-16-32-56(54)66(65)68(48-23-7-2-8-24-48)52-40-46-38-36-44-20-18-34-58-62(44)64(46)60(42-52)70(58)50-27-11-4-12-28-50/h1-42H. The van der Waals surface area contributed by atoms with Crippen LogP contribution in [0.25, 0.3) is 98.1 Å². The second kappa shape index (κ2) is 15.1. The molecule has 0 aliphatic heterocycles. The van der Waals surface area contributed by atoms with Crippen LogP contribution in [0.1, 0.15) is 0 Å². The summed E-state index contributed by atoms with van der Waals surface area (Å²) in [7, 11) is 0. The Morgan fingerprint density at radius 3 is 0.986 bits per heavy atom. The van der Waals surface area contributed by atoms with Crippen LogP contribution in [0.2, 0.25) is 0 Å². The van der Waals surface area contributed by atoms with Crippen LogP contribution < -0.4 is 9.80 Å². The molecule has 2 aromatic heterocycles. The quantitative estimate of drug-likeness (QED) is 0.112. The van der Waals surface area contributed by atoms with Gasteiger partial charge in [-0.3, -0.25) is 0 Å². The van der Waals surface area contributed by atoms with Gasteiger partial charge in [0, 0.05) is 66.4 Å². The van der Waals surface area contributed by atoms with Gasteiger partial charge in [0.1, 0.15) is 0 Å². The van der Waals surface area contributed by atoms with Gasteiger partial charge in [0.2, 0.25) is 0 Å². The van der Waals surface area contributed by atoms with Crippen molar-refractivity contribution in [2.75, 3.05) is 9.80 Å². The first-order valence-electron chi connectivity index (χ1n) is 24.1. The summed E-state index contributed by atoms with van der Waals surface area (Å²) < 4.78 is 4.91. The van der Waals surface area contributed by atoms with E-state index >= 15 is 0 Å². The van der Waals surface area contributed by atoms with Crippen molar-refractivity contribution < 1.29 is 0 Å². The first-order chi connectivity index (χ1) is 34.8. The van der Waals surface area contributed by atoms with Crippen molar-refractivity contribution in [1.82, 2.24) is 9.13 Å². The number of para-hydroxylation sites is 4. The lowest BCUT2D eigenvalue weighted by atomic mass is 9.94. The van der Waals surface area contributed by atoms with E-state index < -0.39 is 0 Å². The molecule has 4 heteroatoms. The van der Waals surface area contributed by atoms with E-state index in [-0.39, 0.29) is 0 Å². The maximum absolute atomic E-state index is 2.53. The van der Waals surface area contributed by atoms with Crippen LogP contribution in [-0.4, -0.2) is 9.13 Å². The molecule has 326 valence electrons. The first-order valence-corrected chi connectivity index (χ1v) is 24.1. The Hall–Kier alpha value is -9.38. The summed E-state index contributed by atoms with van der Waals surface area (Å²) in [5, 5.41) is 14.7. The Bertz CT molecular complexity index is 4170. The van der Waals surface area contributed by atoms with Gasteiger partial charge in [0.05, 0.1) is 33.4 Å². The molecule has 0 fully saturated rings. The molecular formula is C66H42N4. The maximum Gasteiger partial charge on any atom is 0.0788 e. The van der Waals surface area contributed by atoms with Crippen LogP contribution in [-0.2, 0) is 0 Å². The van der Waals surface area contributed by atoms with Crippen LogP contribution in [0.3, 0.4) is 0 Å². The summed E-state index contributed by atoms with van der Waals surface area (Å²) >= 11 is 0. The molecule has 15 aromatic rings. The largest absolute Gasteiger partial charge is 0.309 e. The van der Waals surface area contributed by atoms with Crippen LogP contribution in [0.5, 0.6) is 0 Å². The van der Waals surface area contributed by atoms with E-state index in [0.717, 1.165) is 56.3 Å². The summed E-state index contributed by atoms with van der Waals surface area (Å²) in [6.45, 7) is 0. The lowest BCUT2D eigenvalue weighted by molar-refractivity contribution is 1.18. The number of rotatable bonds is 8. The van der Waals surface area contributed by atoms with Crippen molar-refractivity contribution >= 4 is 121 Å². The third-order valence-corrected chi connectivity index (χ3v) is 14.7. The molecule has 2 heterocycles. The minimum Gasteiger partial charge on any atom is -0.309 e. The van der Waals surface area contributed by atoms with E-state index in [2.05, 4.69) is 274 Å². The smallest absolute Gasteiger partial charge is 0.0788 e. The van der Waals surface area contributed by atoms with Crippen molar-refractivity contribution in [3.63, 3.8) is 0 Å². The molecule has 0 amide bonds. The SMILES string of the molecule is c1ccc(N(c2cc3ccc4cccc5c4c3c(c2)n5-c2ccccc2)c2c(N(c3ccccc3)c3cc4ccc5cccc6c5c4c(c3)n6-c3ccccc3)c3ccccc3c3ccccc23)cc1. The fourth-order valence-electron chi connectivity index (χ4n) is 11.8. The summed E-state index contributed by atoms with van der Waals surface area (Å²) in [5.41, 5.74) is 13.5. The molecule has 0 spiro atoms. The van der Waals surface area contributed by atoms with Gasteiger partial charge in [0.15, 0.2) is 0 Å². The van der Waals surface area contributed by atoms with Crippen LogP contribution >= 0.6 is 0 Å². The van der Waals surface area contributed by atoms with E-state index in [1.165, 1.54) is 75.9 Å². The van der Waals surface area contributed by atoms with E-state index in [0.29, 0.717) is 0 Å². The zero-order valence-corrected chi connectivity index (χ0v) is 38.0. The highest BCUT2D eigenvalue weighted by Gasteiger charge is 2.30. The van der Waals surface area contributed by atoms with Crippen molar-refractivity contribution in [2.45, 2.75) is 0 Å². The maximum atomic E-state index is 2.53. The minimum absolute atomic E-state index is 1.07. The Morgan fingerprint density at radius 2 is 0.571 bits per heavy atom. The number of fused-ring (bicyclic) bond motifs is 3. The zero-order valence-electron chi connectivity index (χ0n) is 38.0. The summed E-state index contributed by atoms with van der Waals surface area (Å²) in [6.07, 6.45) is 0. The molecule has 0 aliphatic carbocycles. The van der Waals surface area contributed by atoms with Crippen molar-refractivity contribution in [3.8, 4) is 11.4 Å². The highest BCUT2D eigenvalue weighted by molar-refractivity contribution is 6.28. The fraction of sp³-hybridized carbons (Fsp3) is 0. The number of hydrogen-bond donors (Lipinski definition) is 0. The lowest BCUT2D eigenvalue weighted by Gasteiger charge is -2.35. The zero-order chi connectivity index (χ0) is 45.9. The topological polar surface area (TPSA) is 16.3 Å². The molecular weight excluding hydrogens is 849 g/mol. The summed E-state index contributed by atoms with van der Waals surface area (Å²) in [4.78, 5) is 5.06. The molecule has 0 saturated carbocycles. The molecule has 0 aliphatic rings. The molecule has 4 nitrogen and oxygen atoms in total. The van der Waals surface area contributed by atoms with E-state index in [9.17, 15) is 0 Å². The van der Waals surface area contributed by atoms with Gasteiger partial charge < -0.3 is 18.9 Å². The molecule has 0 unspecified atom stereocenters. The molecule has 70 heavy (non-hydrogen) atoms. The predicted octanol–water partition coefficient (Wildman–Crippen LogP) is 18.3. The average molecular weight is 891 g/mol. The second-order valence-corrected chi connectivity index (χ2v) is 18.5. The fourth-order valence-corrected chi connectivity index (χ4v) is 11.8. The molecule has 0 bridgehead atoms. The highest BCUT2D eigenvalue weighted by atomic mass is 15.2. The van der Waals surface area contributed by atoms with Crippen molar-refractivity contribution in [1.29, 1.82) is 0 Å². The minimum atomic E-state index is 1.07. The first kappa shape index (κ1) is 38.7. The lowest BCUT2D eigenvalue weighted by Crippen LogP contribution is -2.18. The normalized spacial score (nSPS) is 12.0. The van der Waals surface area contributed by atoms with Gasteiger partial charge in [-0.05, 0) is 117 Å². The van der Waals surface area contributed by atoms with E-state index in [1.807, 2.05) is 0 Å². The van der Waals surface area contributed by atoms with Gasteiger partial charge in [-0.15, -0.1) is 0 Å². The summed E-state index contributed by atoms with van der Waals surface area (Å²) in [6, 6.07) is 93.9. The Labute approximate surface area is 404 Å². The number of benzene rings is 13. The third-order valence-electron chi connectivity index (χ3n) is 14.7. The van der Waals surface area contributed by atoms with Gasteiger partial charge in [-0.2, -0.15) is 0 Å². The van der Waals surface area contributed by atoms with Crippen molar-refractivity contribution in [3.05, 3.63) is 255 Å². The summed E-state index contributed by atoms with van der Waals surface area (Å²) in [5.74, 6) is 0. The van der Waals surface area contributed by atoms with Gasteiger partial charge in [0.25, 0.3) is 0 Å². The monoisotopic (exact) mass is 890 g/mol. The molecule has 0 saturated heterocycles. The average Bonchev–Trinajstić information content (AvgIpc) is 3.95. The molecule has 0 atom stereocenters. The van der Waals surface area contributed by atoms with E-state index in [1.54, 1.807) is 0 Å². The van der Waals surface area contributed by atoms with Crippen LogP contribution in [0, 0.1) is 0 Å². The van der Waals surface area contributed by atoms with E-state index in [4.69, 9.17) is 0 Å². The van der Waals surface area contributed by atoms with Gasteiger partial charge >= 0.3 is 0 Å². The van der Waals surface area contributed by atoms with Gasteiger partial charge in [-0.1, -0.05) is 170 Å². The Balaban J connectivity index is 1.10. The Morgan fingerprint density at radius 1 is 0.229 bits per heavy atom. The third kappa shape index (κ3) is 5.59. The number of nitrogens with zero attached hydrogens (tertiary/aromatic N) is 4. The molecule has 0 radical (unpaired) electrons. The predicted molar refractivity (Wildman–Crippen MR) is 297 cm³/mol. The van der Waals surface area contributed by atoms with Crippen LogP contribution in [0.4, 0.5) is 34.1 Å². The van der Waals surface area contributed by atoms with Gasteiger partial charge in [-0.25, -0.2) is 0 Å². The molecule has 13 aromatic carbocycles. The number of aromatic nitrogens is 2. The number of hydrogen-bond acceptors (Lipinski definition) is 2. The number of anilines is 6. The van der Waals surface area contributed by atoms with Crippen LogP contribution in [0.15, 0.2) is 255 Å². The molecule has 15 rings (SSSR count).